The first-order valence-corrected chi connectivity index (χ1v) is 22.5. The molecule has 1 saturated carbocycles. The number of para-hydroxylation sites is 1. The van der Waals surface area contributed by atoms with Gasteiger partial charge in [-0.25, -0.2) is 4.98 Å². The van der Waals surface area contributed by atoms with Crippen LogP contribution >= 0.6 is 0 Å². The fourth-order valence-electron chi connectivity index (χ4n) is 13.2. The van der Waals surface area contributed by atoms with E-state index < -0.39 is 0 Å². The zero-order valence-electron chi connectivity index (χ0n) is 37.9. The number of hydrogen-bond acceptors (Lipinski definition) is 4. The van der Waals surface area contributed by atoms with Gasteiger partial charge in [0.1, 0.15) is 28.5 Å². The Morgan fingerprint density at radius 2 is 1.32 bits per heavy atom. The zero-order valence-corrected chi connectivity index (χ0v) is 37.9. The summed E-state index contributed by atoms with van der Waals surface area (Å²) in [6.45, 7) is 24.1. The van der Waals surface area contributed by atoms with E-state index in [2.05, 4.69) is 183 Å². The number of rotatable bonds is 5. The Kier molecular flexibility index (Phi) is 8.34. The van der Waals surface area contributed by atoms with Gasteiger partial charge in [0.15, 0.2) is 0 Å². The predicted molar refractivity (Wildman–Crippen MR) is 257 cm³/mol. The fourth-order valence-corrected chi connectivity index (χ4v) is 13.2. The second-order valence-corrected chi connectivity index (χ2v) is 21.6. The van der Waals surface area contributed by atoms with Crippen LogP contribution in [0.1, 0.15) is 96.9 Å². The molecule has 0 saturated heterocycles. The maximum atomic E-state index is 7.02. The lowest BCUT2D eigenvalue weighted by Gasteiger charge is -2.52. The van der Waals surface area contributed by atoms with Gasteiger partial charge < -0.3 is 9.15 Å². The van der Waals surface area contributed by atoms with Gasteiger partial charge in [0.2, 0.25) is 0 Å². The molecule has 1 unspecified atom stereocenters. The minimum Gasteiger partial charge on any atom is -0.457 e. The molecule has 0 N–H and O–H groups in total. The highest BCUT2D eigenvalue weighted by atomic mass is 16.5. The van der Waals surface area contributed by atoms with E-state index in [1.54, 1.807) is 0 Å². The highest BCUT2D eigenvalue weighted by molar-refractivity contribution is 6.21. The summed E-state index contributed by atoms with van der Waals surface area (Å²) in [6, 6.07) is 36.7. The number of aromatic nitrogens is 3. The summed E-state index contributed by atoms with van der Waals surface area (Å²) in [5.41, 5.74) is 11.4. The molecule has 5 aromatic carbocycles. The first-order valence-electron chi connectivity index (χ1n) is 22.5. The van der Waals surface area contributed by atoms with E-state index in [9.17, 15) is 0 Å². The van der Waals surface area contributed by atoms with E-state index in [1.165, 1.54) is 52.3 Å². The van der Waals surface area contributed by atoms with Gasteiger partial charge in [0.05, 0.1) is 16.7 Å². The molecule has 4 aromatic heterocycles. The van der Waals surface area contributed by atoms with Gasteiger partial charge in [-0.2, -0.15) is 0 Å². The molecular weight excluding hydrogens is 759 g/mol. The Morgan fingerprint density at radius 1 is 0.613 bits per heavy atom. The summed E-state index contributed by atoms with van der Waals surface area (Å²) >= 11 is 0. The maximum absolute atomic E-state index is 7.02. The summed E-state index contributed by atoms with van der Waals surface area (Å²) in [7, 11) is 0. The van der Waals surface area contributed by atoms with Crippen molar-refractivity contribution in [2.24, 2.45) is 22.7 Å². The average Bonchev–Trinajstić information content (AvgIpc) is 3.80. The average molecular weight is 816 g/mol. The van der Waals surface area contributed by atoms with Gasteiger partial charge in [-0.05, 0) is 148 Å². The van der Waals surface area contributed by atoms with Crippen LogP contribution in [0.2, 0.25) is 0 Å². The third-order valence-corrected chi connectivity index (χ3v) is 15.1. The predicted octanol–water partition coefficient (Wildman–Crippen LogP) is 15.7. The van der Waals surface area contributed by atoms with Crippen molar-refractivity contribution in [1.82, 2.24) is 14.5 Å². The highest BCUT2D eigenvalue weighted by Crippen LogP contribution is 2.62. The van der Waals surface area contributed by atoms with Crippen LogP contribution in [0.25, 0.3) is 71.6 Å². The van der Waals surface area contributed by atoms with Crippen LogP contribution in [0.3, 0.4) is 0 Å². The Hall–Kier alpha value is -5.94. The van der Waals surface area contributed by atoms with E-state index in [0.29, 0.717) is 22.7 Å². The number of nitrogens with zero attached hydrogens (tertiary/aromatic N) is 3. The van der Waals surface area contributed by atoms with Gasteiger partial charge >= 0.3 is 0 Å². The van der Waals surface area contributed by atoms with Crippen molar-refractivity contribution in [3.63, 3.8) is 0 Å². The van der Waals surface area contributed by atoms with Crippen LogP contribution in [-0.4, -0.2) is 14.5 Å². The van der Waals surface area contributed by atoms with Crippen molar-refractivity contribution in [3.05, 3.63) is 138 Å². The van der Waals surface area contributed by atoms with Crippen LogP contribution in [0.15, 0.2) is 120 Å². The quantitative estimate of drug-likeness (QED) is 0.174. The second-order valence-electron chi connectivity index (χ2n) is 21.6. The number of pyridine rings is 2. The normalized spacial score (nSPS) is 19.2. The lowest BCUT2D eigenvalue weighted by atomic mass is 9.53. The highest BCUT2D eigenvalue weighted by Gasteiger charge is 2.56. The molecule has 62 heavy (non-hydrogen) atoms. The van der Waals surface area contributed by atoms with Crippen molar-refractivity contribution in [2.75, 3.05) is 0 Å². The van der Waals surface area contributed by atoms with Crippen LogP contribution in [0.4, 0.5) is 0 Å². The summed E-state index contributed by atoms with van der Waals surface area (Å²) in [5, 5.41) is 6.78. The third-order valence-electron chi connectivity index (χ3n) is 15.1. The number of fused-ring (bicyclic) bond motifs is 9. The summed E-state index contributed by atoms with van der Waals surface area (Å²) < 4.78 is 16.2. The van der Waals surface area contributed by atoms with E-state index >= 15 is 0 Å². The van der Waals surface area contributed by atoms with E-state index in [1.807, 2.05) is 6.20 Å². The van der Waals surface area contributed by atoms with Crippen LogP contribution in [0.5, 0.6) is 11.5 Å². The first kappa shape index (κ1) is 38.9. The summed E-state index contributed by atoms with van der Waals surface area (Å²) in [6.07, 6.45) is 7.93. The van der Waals surface area contributed by atoms with E-state index in [-0.39, 0.29) is 10.8 Å². The standard InChI is InChI=1S/C57H57N3O2/c1-33-23-50(59-30-34(33)2)60-47-18-14-13-17-40(47)41-21-20-37(26-48(41)60)61-38-24-42(52-43(25-38)51-39-16-12-11-15-35(39)19-22-49(51)62-52)46-27-44-45(31-58-46)57(9,10)53(56(44,7)8)36-28-54(3,4)32-55(5,6)29-36/h11-27,30-31,36,53H,28-29,32H2,1-10H3. The molecule has 312 valence electrons. The van der Waals surface area contributed by atoms with Crippen molar-refractivity contribution >= 4 is 54.5 Å². The van der Waals surface area contributed by atoms with Gasteiger partial charge in [0, 0.05) is 45.6 Å². The molecule has 5 heteroatoms. The number of benzene rings is 5. The lowest BCUT2D eigenvalue weighted by Crippen LogP contribution is -2.45. The first-order chi connectivity index (χ1) is 29.5. The molecule has 0 bridgehead atoms. The Bertz CT molecular complexity index is 3290. The van der Waals surface area contributed by atoms with Gasteiger partial charge in [-0.15, -0.1) is 0 Å². The fraction of sp³-hybridized carbons (Fsp3) is 0.333. The number of hydrogen-bond donors (Lipinski definition) is 0. The lowest BCUT2D eigenvalue weighted by molar-refractivity contribution is 0.00421. The molecular formula is C57H57N3O2. The topological polar surface area (TPSA) is 53.1 Å². The molecule has 0 radical (unpaired) electrons. The summed E-state index contributed by atoms with van der Waals surface area (Å²) in [5.74, 6) is 3.48. The Morgan fingerprint density at radius 3 is 2.10 bits per heavy atom. The monoisotopic (exact) mass is 815 g/mol. The minimum absolute atomic E-state index is 0.0228. The van der Waals surface area contributed by atoms with Crippen LogP contribution < -0.4 is 4.74 Å². The Balaban J connectivity index is 1.08. The van der Waals surface area contributed by atoms with Crippen molar-refractivity contribution in [3.8, 4) is 28.6 Å². The Labute approximate surface area is 365 Å². The molecule has 4 heterocycles. The summed E-state index contributed by atoms with van der Waals surface area (Å²) in [4.78, 5) is 10.3. The van der Waals surface area contributed by atoms with Gasteiger partial charge in [-0.3, -0.25) is 9.55 Å². The molecule has 2 aliphatic rings. The molecule has 0 spiro atoms. The molecule has 1 atom stereocenters. The molecule has 1 fully saturated rings. The second kappa shape index (κ2) is 13.3. The number of ether oxygens (including phenoxy) is 1. The SMILES string of the molecule is Cc1cnc(-n2c3ccccc3c3ccc(Oc4cc(-c5cc6c(cn5)C(C)(C)C(C5CC(C)(C)CC(C)(C)C5)C6(C)C)c5oc6ccc7ccccc7c6c5c4)cc32)cc1C. The molecule has 9 aromatic rings. The van der Waals surface area contributed by atoms with Gasteiger partial charge in [0.25, 0.3) is 0 Å². The number of furan rings is 1. The van der Waals surface area contributed by atoms with E-state index in [0.717, 1.165) is 72.3 Å². The molecule has 0 amide bonds. The maximum Gasteiger partial charge on any atom is 0.145 e. The van der Waals surface area contributed by atoms with E-state index in [4.69, 9.17) is 19.1 Å². The van der Waals surface area contributed by atoms with Crippen molar-refractivity contribution in [1.29, 1.82) is 0 Å². The molecule has 0 aliphatic heterocycles. The van der Waals surface area contributed by atoms with Crippen LogP contribution in [0, 0.1) is 36.5 Å². The van der Waals surface area contributed by atoms with Crippen molar-refractivity contribution in [2.45, 2.75) is 99.3 Å². The largest absolute Gasteiger partial charge is 0.457 e. The molecule has 2 aliphatic carbocycles. The number of aryl methyl sites for hydroxylation is 2. The minimum atomic E-state index is -0.0549. The smallest absolute Gasteiger partial charge is 0.145 e. The van der Waals surface area contributed by atoms with Crippen LogP contribution in [-0.2, 0) is 10.8 Å². The van der Waals surface area contributed by atoms with Crippen molar-refractivity contribution < 1.29 is 9.15 Å². The molecule has 5 nitrogen and oxygen atoms in total. The molecule has 11 rings (SSSR count). The third kappa shape index (κ3) is 5.94. The van der Waals surface area contributed by atoms with Gasteiger partial charge in [-0.1, -0.05) is 104 Å². The zero-order chi connectivity index (χ0) is 43.1.